The van der Waals surface area contributed by atoms with Crippen molar-refractivity contribution in [3.63, 3.8) is 0 Å². The maximum atomic E-state index is 12.0. The van der Waals surface area contributed by atoms with Gasteiger partial charge in [-0.2, -0.15) is 0 Å². The van der Waals surface area contributed by atoms with Gasteiger partial charge in [0.1, 0.15) is 5.00 Å². The van der Waals surface area contributed by atoms with Crippen LogP contribution in [0, 0.1) is 5.92 Å². The van der Waals surface area contributed by atoms with Crippen LogP contribution in [-0.2, 0) is 22.4 Å². The second-order valence-corrected chi connectivity index (χ2v) is 6.10. The molecule has 6 heteroatoms. The molecule has 1 N–H and O–H groups in total. The van der Waals surface area contributed by atoms with Crippen LogP contribution in [-0.4, -0.2) is 22.9 Å². The largest absolute Gasteiger partial charge is 0.478 e. The van der Waals surface area contributed by atoms with E-state index in [1.54, 1.807) is 6.92 Å². The lowest BCUT2D eigenvalue weighted by atomic mass is 10.1. The molecule has 0 spiro atoms. The number of hydrogen-bond donors (Lipinski definition) is 1. The number of carboxylic acid groups (broad SMARTS) is 1. The van der Waals surface area contributed by atoms with Crippen LogP contribution in [0.25, 0.3) is 0 Å². The first-order valence-corrected chi connectivity index (χ1v) is 7.07. The zero-order chi connectivity index (χ0) is 13.7. The van der Waals surface area contributed by atoms with Crippen LogP contribution in [0.3, 0.4) is 0 Å². The lowest BCUT2D eigenvalue weighted by Crippen LogP contribution is -2.30. The minimum atomic E-state index is -1.05. The van der Waals surface area contributed by atoms with E-state index in [0.29, 0.717) is 5.00 Å². The number of anilines is 1. The molecule has 1 aromatic rings. The fraction of sp³-hybridized carbons (Fsp3) is 0.462. The topological polar surface area (TPSA) is 74.7 Å². The Morgan fingerprint density at radius 2 is 2.11 bits per heavy atom. The molecule has 0 radical (unpaired) electrons. The maximum absolute atomic E-state index is 12.0. The number of nitrogens with zero attached hydrogens (tertiary/aromatic N) is 1. The summed E-state index contributed by atoms with van der Waals surface area (Å²) in [7, 11) is 0. The Labute approximate surface area is 113 Å². The van der Waals surface area contributed by atoms with Crippen molar-refractivity contribution in [2.45, 2.75) is 32.6 Å². The van der Waals surface area contributed by atoms with Gasteiger partial charge in [0.2, 0.25) is 11.8 Å². The Hall–Kier alpha value is -1.69. The molecule has 1 aliphatic heterocycles. The van der Waals surface area contributed by atoms with Gasteiger partial charge in [0.05, 0.1) is 5.56 Å². The van der Waals surface area contributed by atoms with Crippen molar-refractivity contribution < 1.29 is 19.5 Å². The number of imide groups is 1. The predicted octanol–water partition coefficient (Wildman–Crippen LogP) is 1.83. The van der Waals surface area contributed by atoms with Gasteiger partial charge in [-0.05, 0) is 24.8 Å². The summed E-state index contributed by atoms with van der Waals surface area (Å²) in [6.45, 7) is 1.70. The molecule has 0 aromatic carbocycles. The van der Waals surface area contributed by atoms with Gasteiger partial charge in [0, 0.05) is 17.2 Å². The van der Waals surface area contributed by atoms with E-state index >= 15 is 0 Å². The molecule has 2 aliphatic rings. The second-order valence-electron chi connectivity index (χ2n) is 5.02. The first-order chi connectivity index (χ1) is 9.00. The lowest BCUT2D eigenvalue weighted by Gasteiger charge is -2.13. The fourth-order valence-corrected chi connectivity index (χ4v) is 4.17. The number of rotatable bonds is 2. The van der Waals surface area contributed by atoms with E-state index in [1.165, 1.54) is 11.3 Å². The van der Waals surface area contributed by atoms with Crippen molar-refractivity contribution >= 4 is 34.1 Å². The van der Waals surface area contributed by atoms with E-state index in [2.05, 4.69) is 0 Å². The highest BCUT2D eigenvalue weighted by atomic mass is 32.1. The monoisotopic (exact) mass is 279 g/mol. The van der Waals surface area contributed by atoms with Crippen LogP contribution in [0.15, 0.2) is 0 Å². The predicted molar refractivity (Wildman–Crippen MR) is 69.6 cm³/mol. The van der Waals surface area contributed by atoms with Crippen LogP contribution in [0.5, 0.6) is 0 Å². The molecule has 3 rings (SSSR count). The van der Waals surface area contributed by atoms with Crippen LogP contribution < -0.4 is 4.90 Å². The summed E-state index contributed by atoms with van der Waals surface area (Å²) < 4.78 is 0. The zero-order valence-corrected chi connectivity index (χ0v) is 11.2. The number of thiophene rings is 1. The molecule has 100 valence electrons. The van der Waals surface area contributed by atoms with E-state index in [9.17, 15) is 19.5 Å². The highest BCUT2D eigenvalue weighted by molar-refractivity contribution is 7.17. The Morgan fingerprint density at radius 3 is 2.68 bits per heavy atom. The van der Waals surface area contributed by atoms with Gasteiger partial charge in [-0.3, -0.25) is 9.59 Å². The van der Waals surface area contributed by atoms with Gasteiger partial charge in [0.15, 0.2) is 0 Å². The fourth-order valence-electron chi connectivity index (χ4n) is 2.77. The third-order valence-corrected chi connectivity index (χ3v) is 4.97. The lowest BCUT2D eigenvalue weighted by molar-refractivity contribution is -0.122. The van der Waals surface area contributed by atoms with Crippen molar-refractivity contribution in [2.75, 3.05) is 4.90 Å². The quantitative estimate of drug-likeness (QED) is 0.838. The molecule has 1 saturated heterocycles. The molecule has 1 atom stereocenters. The summed E-state index contributed by atoms with van der Waals surface area (Å²) in [4.78, 5) is 37.5. The van der Waals surface area contributed by atoms with Crippen LogP contribution in [0.1, 0.15) is 40.6 Å². The van der Waals surface area contributed by atoms with E-state index in [1.807, 2.05) is 0 Å². The highest BCUT2D eigenvalue weighted by Gasteiger charge is 2.41. The van der Waals surface area contributed by atoms with Gasteiger partial charge in [0.25, 0.3) is 0 Å². The standard InChI is InChI=1S/C13H13NO4S/c1-6-5-9(15)14(11(6)16)12-10(13(17)18)7-3-2-4-8(7)19-12/h6H,2-5H2,1H3,(H,17,18). The third kappa shape index (κ3) is 1.70. The third-order valence-electron chi connectivity index (χ3n) is 3.69. The molecule has 1 aliphatic carbocycles. The molecule has 0 bridgehead atoms. The number of carboxylic acids is 1. The average molecular weight is 279 g/mol. The van der Waals surface area contributed by atoms with Gasteiger partial charge in [-0.15, -0.1) is 11.3 Å². The first-order valence-electron chi connectivity index (χ1n) is 6.25. The van der Waals surface area contributed by atoms with E-state index < -0.39 is 5.97 Å². The van der Waals surface area contributed by atoms with Crippen molar-refractivity contribution in [3.8, 4) is 0 Å². The molecule has 19 heavy (non-hydrogen) atoms. The summed E-state index contributed by atoms with van der Waals surface area (Å²) in [5.74, 6) is -1.98. The Balaban J connectivity index is 2.14. The highest BCUT2D eigenvalue weighted by Crippen LogP contribution is 2.43. The summed E-state index contributed by atoms with van der Waals surface area (Å²) in [5, 5.41) is 9.69. The smallest absolute Gasteiger partial charge is 0.339 e. The van der Waals surface area contributed by atoms with Crippen LogP contribution in [0.2, 0.25) is 0 Å². The SMILES string of the molecule is CC1CC(=O)N(c2sc3c(c2C(=O)O)CCC3)C1=O. The number of aromatic carboxylic acids is 1. The second kappa shape index (κ2) is 4.16. The van der Waals surface area contributed by atoms with E-state index in [0.717, 1.165) is 34.6 Å². The molecule has 1 unspecified atom stereocenters. The van der Waals surface area contributed by atoms with Gasteiger partial charge < -0.3 is 5.11 Å². The number of fused-ring (bicyclic) bond motifs is 1. The number of aryl methyl sites for hydroxylation is 1. The summed E-state index contributed by atoms with van der Waals surface area (Å²) in [6.07, 6.45) is 2.67. The number of carbonyl (C=O) groups excluding carboxylic acids is 2. The number of hydrogen-bond acceptors (Lipinski definition) is 4. The molecule has 2 amide bonds. The van der Waals surface area contributed by atoms with Crippen molar-refractivity contribution in [1.82, 2.24) is 0 Å². The summed E-state index contributed by atoms with van der Waals surface area (Å²) in [6, 6.07) is 0. The normalized spacial score (nSPS) is 22.2. The van der Waals surface area contributed by atoms with Gasteiger partial charge in [-0.1, -0.05) is 6.92 Å². The molecular formula is C13H13NO4S. The number of carbonyl (C=O) groups is 3. The van der Waals surface area contributed by atoms with Gasteiger partial charge >= 0.3 is 5.97 Å². The summed E-state index contributed by atoms with van der Waals surface area (Å²) >= 11 is 1.29. The van der Waals surface area contributed by atoms with Crippen LogP contribution >= 0.6 is 11.3 Å². The molecule has 5 nitrogen and oxygen atoms in total. The van der Waals surface area contributed by atoms with Crippen LogP contribution in [0.4, 0.5) is 5.00 Å². The zero-order valence-electron chi connectivity index (χ0n) is 10.4. The average Bonchev–Trinajstić information content (AvgIpc) is 2.93. The number of amides is 2. The summed E-state index contributed by atoms with van der Waals surface area (Å²) in [5.41, 5.74) is 0.973. The van der Waals surface area contributed by atoms with Crippen molar-refractivity contribution in [1.29, 1.82) is 0 Å². The minimum absolute atomic E-state index is 0.160. The Morgan fingerprint density at radius 1 is 1.37 bits per heavy atom. The molecule has 1 fully saturated rings. The molecular weight excluding hydrogens is 266 g/mol. The Bertz CT molecular complexity index is 604. The minimum Gasteiger partial charge on any atom is -0.478 e. The maximum Gasteiger partial charge on any atom is 0.339 e. The molecule has 1 aromatic heterocycles. The van der Waals surface area contributed by atoms with Crippen molar-refractivity contribution in [3.05, 3.63) is 16.0 Å². The Kier molecular flexibility index (Phi) is 2.70. The molecule has 0 saturated carbocycles. The van der Waals surface area contributed by atoms with Crippen molar-refractivity contribution in [2.24, 2.45) is 5.92 Å². The molecule has 2 heterocycles. The first kappa shape index (κ1) is 12.3. The van der Waals surface area contributed by atoms with E-state index in [4.69, 9.17) is 0 Å². The van der Waals surface area contributed by atoms with Gasteiger partial charge in [-0.25, -0.2) is 9.69 Å². The van der Waals surface area contributed by atoms with E-state index in [-0.39, 0.29) is 29.7 Å².